The molecule has 1 aromatic carbocycles. The first-order valence-corrected chi connectivity index (χ1v) is 6.14. The number of carbonyl (C=O) groups excluding carboxylic acids is 1. The van der Waals surface area contributed by atoms with Crippen LogP contribution < -0.4 is 21.3 Å². The molecule has 0 bridgehead atoms. The fourth-order valence-electron chi connectivity index (χ4n) is 1.73. The van der Waals surface area contributed by atoms with Gasteiger partial charge in [-0.25, -0.2) is 4.79 Å². The Morgan fingerprint density at radius 1 is 1.23 bits per heavy atom. The van der Waals surface area contributed by atoms with Crippen LogP contribution in [0.25, 0.3) is 0 Å². The minimum absolute atomic E-state index is 0.0220. The Balaban J connectivity index is 2.30. The van der Waals surface area contributed by atoms with Crippen molar-refractivity contribution in [1.29, 1.82) is 0 Å². The molecule has 0 atom stereocenters. The van der Waals surface area contributed by atoms with Gasteiger partial charge in [0.1, 0.15) is 5.69 Å². The molecule has 9 heteroatoms. The van der Waals surface area contributed by atoms with Gasteiger partial charge in [-0.2, -0.15) is 9.97 Å². The summed E-state index contributed by atoms with van der Waals surface area (Å²) in [6.07, 6.45) is 0. The standard InChI is InChI=1S/C13H14N5O4/c1-21-11-9(18-20)10(16-13(14)17-11)15-8-5-3-7(4-6-8)12(19)22-2/h3-6,18H,1-2H3,(H3,14,15,16,17)/q-1. The van der Waals surface area contributed by atoms with Crippen LogP contribution in [0, 0.1) is 5.21 Å². The molecule has 0 aliphatic carbocycles. The molecule has 0 radical (unpaired) electrons. The molecule has 4 N–H and O–H groups in total. The number of hydrogen-bond donors (Lipinski definition) is 3. The summed E-state index contributed by atoms with van der Waals surface area (Å²) in [5.41, 5.74) is 8.28. The molecule has 0 saturated heterocycles. The first kappa shape index (κ1) is 15.3. The molecule has 9 nitrogen and oxygen atoms in total. The fraction of sp³-hybridized carbons (Fsp3) is 0.154. The average molecular weight is 304 g/mol. The highest BCUT2D eigenvalue weighted by Crippen LogP contribution is 2.31. The van der Waals surface area contributed by atoms with E-state index in [4.69, 9.17) is 10.5 Å². The van der Waals surface area contributed by atoms with E-state index < -0.39 is 5.97 Å². The van der Waals surface area contributed by atoms with Gasteiger partial charge in [0.05, 0.1) is 19.8 Å². The molecule has 0 unspecified atom stereocenters. The Hall–Kier alpha value is -3.07. The predicted octanol–water partition coefficient (Wildman–Crippen LogP) is 1.51. The molecular formula is C13H14N5O4-. The van der Waals surface area contributed by atoms with Gasteiger partial charge in [-0.15, -0.1) is 0 Å². The highest BCUT2D eigenvalue weighted by atomic mass is 16.5. The van der Waals surface area contributed by atoms with E-state index >= 15 is 0 Å². The average Bonchev–Trinajstić information content (AvgIpc) is 2.54. The minimum atomic E-state index is -0.443. The van der Waals surface area contributed by atoms with E-state index in [1.165, 1.54) is 14.2 Å². The topological polar surface area (TPSA) is 134 Å². The van der Waals surface area contributed by atoms with E-state index in [0.717, 1.165) is 0 Å². The van der Waals surface area contributed by atoms with E-state index in [2.05, 4.69) is 20.0 Å². The maximum Gasteiger partial charge on any atom is 0.337 e. The van der Waals surface area contributed by atoms with Crippen LogP contribution in [0.5, 0.6) is 5.88 Å². The lowest BCUT2D eigenvalue weighted by Crippen LogP contribution is -2.07. The third-order valence-electron chi connectivity index (χ3n) is 2.76. The fourth-order valence-corrected chi connectivity index (χ4v) is 1.73. The van der Waals surface area contributed by atoms with E-state index in [-0.39, 0.29) is 23.3 Å². The van der Waals surface area contributed by atoms with Crippen LogP contribution in [-0.4, -0.2) is 30.2 Å². The Bertz CT molecular complexity index is 675. The number of carbonyl (C=O) groups is 1. The SMILES string of the molecule is COC(=O)c1ccc(Nc2nc(N)nc(OC)c2N[O-])cc1. The van der Waals surface area contributed by atoms with Crippen molar-refractivity contribution in [2.45, 2.75) is 0 Å². The summed E-state index contributed by atoms with van der Waals surface area (Å²) < 4.78 is 9.58. The highest BCUT2D eigenvalue weighted by molar-refractivity contribution is 5.90. The van der Waals surface area contributed by atoms with Gasteiger partial charge in [0.15, 0.2) is 5.82 Å². The predicted molar refractivity (Wildman–Crippen MR) is 81.1 cm³/mol. The summed E-state index contributed by atoms with van der Waals surface area (Å²) in [5, 5.41) is 14.0. The molecule has 0 amide bonds. The zero-order chi connectivity index (χ0) is 16.1. The Morgan fingerprint density at radius 2 is 1.91 bits per heavy atom. The van der Waals surface area contributed by atoms with Gasteiger partial charge in [-0.05, 0) is 24.3 Å². The second-order valence-corrected chi connectivity index (χ2v) is 4.11. The Labute approximate surface area is 126 Å². The lowest BCUT2D eigenvalue weighted by atomic mass is 10.2. The van der Waals surface area contributed by atoms with Crippen LogP contribution in [0.4, 0.5) is 23.1 Å². The van der Waals surface area contributed by atoms with Crippen LogP contribution in [0.3, 0.4) is 0 Å². The van der Waals surface area contributed by atoms with Crippen molar-refractivity contribution >= 4 is 29.1 Å². The normalized spacial score (nSPS) is 9.95. The lowest BCUT2D eigenvalue weighted by Gasteiger charge is -2.18. The highest BCUT2D eigenvalue weighted by Gasteiger charge is 2.12. The molecule has 0 aliphatic heterocycles. The number of nitrogens with zero attached hydrogens (tertiary/aromatic N) is 2. The molecular weight excluding hydrogens is 290 g/mol. The number of nitrogens with one attached hydrogen (secondary N) is 2. The number of nitrogens with two attached hydrogens (primary N) is 1. The summed E-state index contributed by atoms with van der Waals surface area (Å²) in [7, 11) is 2.66. The first-order chi connectivity index (χ1) is 10.6. The van der Waals surface area contributed by atoms with Gasteiger partial charge >= 0.3 is 5.97 Å². The van der Waals surface area contributed by atoms with Gasteiger partial charge in [0, 0.05) is 5.69 Å². The third kappa shape index (κ3) is 3.15. The van der Waals surface area contributed by atoms with Gasteiger partial charge in [0.2, 0.25) is 11.8 Å². The Morgan fingerprint density at radius 3 is 2.45 bits per heavy atom. The van der Waals surface area contributed by atoms with E-state index in [0.29, 0.717) is 11.3 Å². The molecule has 0 spiro atoms. The first-order valence-electron chi connectivity index (χ1n) is 6.14. The van der Waals surface area contributed by atoms with Crippen molar-refractivity contribution in [1.82, 2.24) is 9.97 Å². The minimum Gasteiger partial charge on any atom is -0.761 e. The van der Waals surface area contributed by atoms with Crippen molar-refractivity contribution < 1.29 is 14.3 Å². The Kier molecular flexibility index (Phi) is 4.59. The zero-order valence-corrected chi connectivity index (χ0v) is 11.9. The van der Waals surface area contributed by atoms with Crippen LogP contribution in [0.15, 0.2) is 24.3 Å². The van der Waals surface area contributed by atoms with Gasteiger partial charge < -0.3 is 31.2 Å². The van der Waals surface area contributed by atoms with Crippen molar-refractivity contribution in [3.8, 4) is 5.88 Å². The second kappa shape index (κ2) is 6.59. The molecule has 2 aromatic rings. The quantitative estimate of drug-likeness (QED) is 0.554. The van der Waals surface area contributed by atoms with Gasteiger partial charge in [-0.3, -0.25) is 0 Å². The van der Waals surface area contributed by atoms with Crippen LogP contribution in [-0.2, 0) is 4.74 Å². The number of nitrogen functional groups attached to an aromatic ring is 1. The van der Waals surface area contributed by atoms with Gasteiger partial charge in [-0.1, -0.05) is 0 Å². The summed E-state index contributed by atoms with van der Waals surface area (Å²) in [6, 6.07) is 6.40. The number of benzene rings is 1. The van der Waals surface area contributed by atoms with Crippen LogP contribution in [0.1, 0.15) is 10.4 Å². The van der Waals surface area contributed by atoms with Crippen molar-refractivity contribution in [2.75, 3.05) is 30.8 Å². The number of anilines is 4. The number of methoxy groups -OCH3 is 2. The monoisotopic (exact) mass is 304 g/mol. The zero-order valence-electron chi connectivity index (χ0n) is 11.9. The van der Waals surface area contributed by atoms with Crippen LogP contribution in [0.2, 0.25) is 0 Å². The molecule has 0 saturated carbocycles. The summed E-state index contributed by atoms with van der Waals surface area (Å²) in [5.74, 6) is -0.313. The molecule has 22 heavy (non-hydrogen) atoms. The molecule has 2 rings (SSSR count). The third-order valence-corrected chi connectivity index (χ3v) is 2.76. The van der Waals surface area contributed by atoms with Crippen molar-refractivity contribution in [3.63, 3.8) is 0 Å². The number of hydrogen-bond acceptors (Lipinski definition) is 9. The van der Waals surface area contributed by atoms with Gasteiger partial charge in [0.25, 0.3) is 0 Å². The maximum absolute atomic E-state index is 11.4. The smallest absolute Gasteiger partial charge is 0.337 e. The molecule has 1 heterocycles. The summed E-state index contributed by atoms with van der Waals surface area (Å²) in [4.78, 5) is 19.1. The number of esters is 1. The molecule has 1 aromatic heterocycles. The number of ether oxygens (including phenoxy) is 2. The van der Waals surface area contributed by atoms with Crippen LogP contribution >= 0.6 is 0 Å². The summed E-state index contributed by atoms with van der Waals surface area (Å²) in [6.45, 7) is 0. The summed E-state index contributed by atoms with van der Waals surface area (Å²) >= 11 is 0. The van der Waals surface area contributed by atoms with Crippen molar-refractivity contribution in [2.24, 2.45) is 0 Å². The van der Waals surface area contributed by atoms with E-state index in [1.54, 1.807) is 29.7 Å². The maximum atomic E-state index is 11.4. The lowest BCUT2D eigenvalue weighted by molar-refractivity contribution is 0.0601. The van der Waals surface area contributed by atoms with E-state index in [9.17, 15) is 10.0 Å². The number of rotatable bonds is 5. The molecule has 0 fully saturated rings. The molecule has 116 valence electrons. The van der Waals surface area contributed by atoms with E-state index in [1.807, 2.05) is 0 Å². The largest absolute Gasteiger partial charge is 0.761 e. The second-order valence-electron chi connectivity index (χ2n) is 4.11. The number of aromatic nitrogens is 2. The molecule has 0 aliphatic rings. The van der Waals surface area contributed by atoms with Crippen molar-refractivity contribution in [3.05, 3.63) is 35.0 Å².